The molecule has 1 fully saturated rings. The number of benzene rings is 2. The third-order valence-corrected chi connectivity index (χ3v) is 6.66. The van der Waals surface area contributed by atoms with Crippen molar-refractivity contribution in [1.82, 2.24) is 9.88 Å². The number of hydrogen-bond acceptors (Lipinski definition) is 8. The number of aliphatic hydroxyl groups is 1. The first kappa shape index (κ1) is 28.0. The van der Waals surface area contributed by atoms with Gasteiger partial charge in [-0.1, -0.05) is 17.7 Å². The molecule has 2 heterocycles. The molecule has 39 heavy (non-hydrogen) atoms. The maximum absolute atomic E-state index is 11.8. The lowest BCUT2D eigenvalue weighted by Crippen LogP contribution is -2.42. The van der Waals surface area contributed by atoms with Crippen molar-refractivity contribution in [2.24, 2.45) is 0 Å². The Morgan fingerprint density at radius 1 is 1.15 bits per heavy atom. The standard InChI is InChI=1S/C28H32ClN5O5/c1-31-23-15-25(37-2)26(39-20-8-11-34(12-9-20)27(36)16-35)14-21(23)28(30)33-18-6-7-24(22(29)13-18)38-17-19-5-3-4-10-32-19/h3-7,10,13-15,20,31,35H,8-9,11-12,16-17H2,1-2H3,(H2,30,33). The Morgan fingerprint density at radius 3 is 2.59 bits per heavy atom. The van der Waals surface area contributed by atoms with Crippen LogP contribution in [-0.4, -0.2) is 66.7 Å². The van der Waals surface area contributed by atoms with E-state index in [1.54, 1.807) is 55.6 Å². The number of anilines is 2. The Balaban J connectivity index is 1.46. The molecule has 4 rings (SSSR count). The van der Waals surface area contributed by atoms with Crippen LogP contribution in [-0.2, 0) is 11.4 Å². The second kappa shape index (κ2) is 13.2. The molecule has 0 saturated carbocycles. The van der Waals surface area contributed by atoms with Crippen LogP contribution in [0.5, 0.6) is 17.2 Å². The topological polar surface area (TPSA) is 129 Å². The van der Waals surface area contributed by atoms with Gasteiger partial charge in [-0.25, -0.2) is 0 Å². The first-order valence-electron chi connectivity index (χ1n) is 12.5. The summed E-state index contributed by atoms with van der Waals surface area (Å²) in [5, 5.41) is 24.5. The van der Waals surface area contributed by atoms with Crippen LogP contribution in [0.2, 0.25) is 5.02 Å². The number of methoxy groups -OCH3 is 1. The lowest BCUT2D eigenvalue weighted by atomic mass is 10.1. The maximum atomic E-state index is 11.8. The molecule has 4 N–H and O–H groups in total. The van der Waals surface area contributed by atoms with Gasteiger partial charge < -0.3 is 34.9 Å². The first-order valence-corrected chi connectivity index (χ1v) is 12.9. The van der Waals surface area contributed by atoms with Crippen molar-refractivity contribution in [1.29, 1.82) is 5.41 Å². The number of ether oxygens (including phenoxy) is 3. The van der Waals surface area contributed by atoms with E-state index >= 15 is 0 Å². The fourth-order valence-corrected chi connectivity index (χ4v) is 4.51. The molecular weight excluding hydrogens is 522 g/mol. The van der Waals surface area contributed by atoms with Crippen LogP contribution in [0.4, 0.5) is 11.4 Å². The largest absolute Gasteiger partial charge is 0.493 e. The van der Waals surface area contributed by atoms with Gasteiger partial charge in [0.25, 0.3) is 0 Å². The van der Waals surface area contributed by atoms with Crippen molar-refractivity contribution in [3.63, 3.8) is 0 Å². The van der Waals surface area contributed by atoms with Crippen LogP contribution in [0.15, 0.2) is 54.7 Å². The molecule has 206 valence electrons. The molecule has 0 unspecified atom stereocenters. The molecule has 0 spiro atoms. The number of carbonyl (C=O) groups excluding carboxylic acids is 1. The van der Waals surface area contributed by atoms with Crippen molar-refractivity contribution < 1.29 is 24.1 Å². The third kappa shape index (κ3) is 7.10. The summed E-state index contributed by atoms with van der Waals surface area (Å²) >= 11 is 6.45. The van der Waals surface area contributed by atoms with E-state index in [1.807, 2.05) is 18.2 Å². The van der Waals surface area contributed by atoms with Gasteiger partial charge in [0.05, 0.1) is 17.8 Å². The predicted octanol–water partition coefficient (Wildman–Crippen LogP) is 4.16. The molecule has 1 amide bonds. The van der Waals surface area contributed by atoms with Gasteiger partial charge in [0, 0.05) is 62.2 Å². The molecule has 1 aromatic heterocycles. The van der Waals surface area contributed by atoms with Crippen molar-refractivity contribution in [2.45, 2.75) is 25.6 Å². The highest BCUT2D eigenvalue weighted by atomic mass is 35.5. The zero-order chi connectivity index (χ0) is 27.8. The Morgan fingerprint density at radius 2 is 1.95 bits per heavy atom. The van der Waals surface area contributed by atoms with E-state index in [9.17, 15) is 4.79 Å². The number of likely N-dealkylation sites (tertiary alicyclic amines) is 1. The molecule has 1 aliphatic heterocycles. The van der Waals surface area contributed by atoms with E-state index in [-0.39, 0.29) is 17.8 Å². The van der Waals surface area contributed by atoms with Crippen LogP contribution >= 0.6 is 11.6 Å². The molecule has 0 bridgehead atoms. The van der Waals surface area contributed by atoms with Crippen LogP contribution < -0.4 is 24.8 Å². The van der Waals surface area contributed by atoms with Crippen LogP contribution in [0.3, 0.4) is 0 Å². The van der Waals surface area contributed by atoms with E-state index in [1.165, 1.54) is 0 Å². The number of aromatic nitrogens is 1. The number of halogens is 1. The van der Waals surface area contributed by atoms with Gasteiger partial charge in [0.2, 0.25) is 5.91 Å². The fraction of sp³-hybridized carbons (Fsp3) is 0.321. The summed E-state index contributed by atoms with van der Waals surface area (Å²) in [6.45, 7) is 0.816. The molecule has 2 aromatic carbocycles. The van der Waals surface area contributed by atoms with E-state index in [2.05, 4.69) is 15.6 Å². The van der Waals surface area contributed by atoms with Gasteiger partial charge in [-0.2, -0.15) is 0 Å². The Labute approximate surface area is 232 Å². The maximum Gasteiger partial charge on any atom is 0.248 e. The second-order valence-electron chi connectivity index (χ2n) is 8.91. The number of hydrogen-bond donors (Lipinski definition) is 4. The van der Waals surface area contributed by atoms with Crippen molar-refractivity contribution >= 4 is 34.7 Å². The monoisotopic (exact) mass is 553 g/mol. The Kier molecular flexibility index (Phi) is 9.45. The number of piperidine rings is 1. The van der Waals surface area contributed by atoms with E-state index in [0.29, 0.717) is 71.7 Å². The number of amides is 1. The van der Waals surface area contributed by atoms with Gasteiger partial charge in [-0.3, -0.25) is 15.2 Å². The molecule has 0 aliphatic carbocycles. The van der Waals surface area contributed by atoms with Gasteiger partial charge >= 0.3 is 0 Å². The van der Waals surface area contributed by atoms with Crippen molar-refractivity contribution in [3.8, 4) is 17.2 Å². The molecule has 0 radical (unpaired) electrons. The summed E-state index contributed by atoms with van der Waals surface area (Å²) in [4.78, 5) is 17.6. The molecule has 3 aromatic rings. The van der Waals surface area contributed by atoms with E-state index < -0.39 is 6.61 Å². The highest BCUT2D eigenvalue weighted by Gasteiger charge is 2.25. The number of carbonyl (C=O) groups is 1. The average molecular weight is 554 g/mol. The minimum atomic E-state index is -0.491. The lowest BCUT2D eigenvalue weighted by molar-refractivity contribution is -0.135. The quantitative estimate of drug-likeness (QED) is 0.217. The Hall–Kier alpha value is -4.02. The minimum absolute atomic E-state index is 0.130. The summed E-state index contributed by atoms with van der Waals surface area (Å²) < 4.78 is 17.6. The number of amidine groups is 1. The van der Waals surface area contributed by atoms with Crippen LogP contribution in [0, 0.1) is 5.41 Å². The normalized spacial score (nSPS) is 13.5. The van der Waals surface area contributed by atoms with Gasteiger partial charge in [-0.05, 0) is 36.4 Å². The predicted molar refractivity (Wildman–Crippen MR) is 150 cm³/mol. The Bertz CT molecular complexity index is 1300. The highest BCUT2D eigenvalue weighted by molar-refractivity contribution is 6.32. The SMILES string of the molecule is CNc1cc(OC)c(OC2CCN(C(=O)CO)CC2)cc1C(=N)Nc1ccc(OCc2ccccn2)c(Cl)c1. The van der Waals surface area contributed by atoms with Gasteiger partial charge in [0.1, 0.15) is 30.9 Å². The van der Waals surface area contributed by atoms with E-state index in [0.717, 1.165) is 5.69 Å². The zero-order valence-corrected chi connectivity index (χ0v) is 22.6. The number of rotatable bonds is 10. The zero-order valence-electron chi connectivity index (χ0n) is 21.9. The molecular formula is C28H32ClN5O5. The van der Waals surface area contributed by atoms with Gasteiger partial charge in [0.15, 0.2) is 11.5 Å². The first-order chi connectivity index (χ1) is 18.9. The summed E-state index contributed by atoms with van der Waals surface area (Å²) in [6.07, 6.45) is 2.83. The summed E-state index contributed by atoms with van der Waals surface area (Å²) in [5.74, 6) is 1.40. The lowest BCUT2D eigenvalue weighted by Gasteiger charge is -2.32. The number of nitrogens with one attached hydrogen (secondary N) is 3. The smallest absolute Gasteiger partial charge is 0.248 e. The number of aliphatic hydroxyl groups excluding tert-OH is 1. The fourth-order valence-electron chi connectivity index (χ4n) is 4.27. The molecule has 1 saturated heterocycles. The second-order valence-corrected chi connectivity index (χ2v) is 9.32. The number of pyridine rings is 1. The van der Waals surface area contributed by atoms with Crippen LogP contribution in [0.25, 0.3) is 0 Å². The van der Waals surface area contributed by atoms with Crippen molar-refractivity contribution in [2.75, 3.05) is 44.5 Å². The summed E-state index contributed by atoms with van der Waals surface area (Å²) in [5.41, 5.74) is 2.67. The highest BCUT2D eigenvalue weighted by Crippen LogP contribution is 2.36. The molecule has 11 heteroatoms. The summed E-state index contributed by atoms with van der Waals surface area (Å²) in [7, 11) is 3.33. The minimum Gasteiger partial charge on any atom is -0.493 e. The molecule has 1 aliphatic rings. The molecule has 10 nitrogen and oxygen atoms in total. The van der Waals surface area contributed by atoms with E-state index in [4.69, 9.17) is 36.3 Å². The van der Waals surface area contributed by atoms with Crippen molar-refractivity contribution in [3.05, 3.63) is 71.0 Å². The third-order valence-electron chi connectivity index (χ3n) is 6.37. The van der Waals surface area contributed by atoms with Crippen LogP contribution in [0.1, 0.15) is 24.1 Å². The number of nitrogens with zero attached hydrogens (tertiary/aromatic N) is 2. The van der Waals surface area contributed by atoms with Gasteiger partial charge in [-0.15, -0.1) is 0 Å². The summed E-state index contributed by atoms with van der Waals surface area (Å²) in [6, 6.07) is 14.4. The molecule has 0 atom stereocenters. The average Bonchev–Trinajstić information content (AvgIpc) is 2.97.